The zero-order valence-electron chi connectivity index (χ0n) is 19.0. The van der Waals surface area contributed by atoms with Crippen LogP contribution in [-0.2, 0) is 0 Å². The topological polar surface area (TPSA) is 52.8 Å². The van der Waals surface area contributed by atoms with Gasteiger partial charge in [0.15, 0.2) is 11.5 Å². The molecule has 2 aromatic heterocycles. The van der Waals surface area contributed by atoms with Gasteiger partial charge < -0.3 is 20.0 Å². The Bertz CT molecular complexity index is 1610. The van der Waals surface area contributed by atoms with Gasteiger partial charge in [0, 0.05) is 23.4 Å². The first kappa shape index (κ1) is 19.1. The van der Waals surface area contributed by atoms with Crippen molar-refractivity contribution >= 4 is 33.2 Å². The first-order valence-corrected chi connectivity index (χ1v) is 11.5. The number of anilines is 2. The van der Waals surface area contributed by atoms with Crippen LogP contribution in [0.3, 0.4) is 0 Å². The summed E-state index contributed by atoms with van der Waals surface area (Å²) in [5, 5.41) is 6.16. The second-order valence-corrected chi connectivity index (χ2v) is 9.01. The number of rotatable bonds is 2. The van der Waals surface area contributed by atoms with Crippen molar-refractivity contribution in [2.24, 2.45) is 0 Å². The minimum atomic E-state index is 0.856. The fourth-order valence-corrected chi connectivity index (χ4v) is 5.15. The average molecular weight is 442 g/mol. The van der Waals surface area contributed by atoms with E-state index in [0.717, 1.165) is 33.9 Å². The molecule has 164 valence electrons. The summed E-state index contributed by atoms with van der Waals surface area (Å²) in [5.74, 6) is 1.71. The molecule has 0 saturated carbocycles. The lowest BCUT2D eigenvalue weighted by Gasteiger charge is -2.27. The van der Waals surface area contributed by atoms with E-state index in [1.807, 2.05) is 12.4 Å². The predicted molar refractivity (Wildman–Crippen MR) is 140 cm³/mol. The summed E-state index contributed by atoms with van der Waals surface area (Å²) in [4.78, 5) is 6.64. The van der Waals surface area contributed by atoms with Crippen LogP contribution in [0.2, 0.25) is 0 Å². The lowest BCUT2D eigenvalue weighted by atomic mass is 9.95. The highest BCUT2D eigenvalue weighted by molar-refractivity contribution is 5.92. The zero-order valence-corrected chi connectivity index (χ0v) is 19.0. The lowest BCUT2D eigenvalue weighted by Crippen LogP contribution is -2.07. The smallest absolute Gasteiger partial charge is 0.151 e. The van der Waals surface area contributed by atoms with Crippen LogP contribution in [0.4, 0.5) is 11.4 Å². The predicted octanol–water partition coefficient (Wildman–Crippen LogP) is 8.45. The molecule has 6 aromatic rings. The van der Waals surface area contributed by atoms with Crippen molar-refractivity contribution in [3.8, 4) is 33.8 Å². The molecule has 3 N–H and O–H groups in total. The summed E-state index contributed by atoms with van der Waals surface area (Å²) in [6, 6.07) is 25.7. The van der Waals surface area contributed by atoms with Gasteiger partial charge in [-0.25, -0.2) is 0 Å². The van der Waals surface area contributed by atoms with Crippen LogP contribution in [0.25, 0.3) is 44.1 Å². The number of nitrogens with one attached hydrogen (secondary N) is 3. The molecule has 34 heavy (non-hydrogen) atoms. The van der Waals surface area contributed by atoms with Crippen molar-refractivity contribution in [1.82, 2.24) is 9.97 Å². The number of hydrogen-bond donors (Lipinski definition) is 3. The Morgan fingerprint density at radius 3 is 1.56 bits per heavy atom. The Morgan fingerprint density at radius 1 is 0.559 bits per heavy atom. The van der Waals surface area contributed by atoms with E-state index in [9.17, 15) is 0 Å². The SMILES string of the molecule is Cc1c(-c2ccc3cc[nH]c3c2)ccc2c1Nc1c(ccc(-c3ccc4cc[nH]c4c3)c1C)O2. The van der Waals surface area contributed by atoms with Crippen LogP contribution >= 0.6 is 0 Å². The van der Waals surface area contributed by atoms with Gasteiger partial charge in [-0.3, -0.25) is 0 Å². The van der Waals surface area contributed by atoms with Gasteiger partial charge in [-0.05, 0) is 94.4 Å². The van der Waals surface area contributed by atoms with Crippen molar-refractivity contribution < 1.29 is 4.74 Å². The molecule has 0 atom stereocenters. The molecule has 0 aliphatic carbocycles. The van der Waals surface area contributed by atoms with E-state index < -0.39 is 0 Å². The molecular formula is C30H23N3O. The standard InChI is InChI=1S/C30H23N3O/c1-17-23(21-5-3-19-11-13-31-25(19)15-21)7-9-27-29(17)33-30-18(2)24(8-10-28(30)34-27)22-6-4-20-12-14-32-26(20)16-22/h3-16,31-33H,1-2H3. The maximum Gasteiger partial charge on any atom is 0.151 e. The summed E-state index contributed by atoms with van der Waals surface area (Å²) in [6.45, 7) is 4.32. The quantitative estimate of drug-likeness (QED) is 0.252. The Morgan fingerprint density at radius 2 is 1.06 bits per heavy atom. The van der Waals surface area contributed by atoms with Gasteiger partial charge >= 0.3 is 0 Å². The molecule has 3 heterocycles. The van der Waals surface area contributed by atoms with Crippen LogP contribution in [0, 0.1) is 13.8 Å². The van der Waals surface area contributed by atoms with E-state index in [-0.39, 0.29) is 0 Å². The van der Waals surface area contributed by atoms with Gasteiger partial charge in [0.05, 0.1) is 11.4 Å². The van der Waals surface area contributed by atoms with Crippen molar-refractivity contribution in [2.75, 3.05) is 5.32 Å². The molecule has 4 heteroatoms. The van der Waals surface area contributed by atoms with E-state index in [4.69, 9.17) is 4.74 Å². The van der Waals surface area contributed by atoms with Gasteiger partial charge in [-0.2, -0.15) is 0 Å². The van der Waals surface area contributed by atoms with Crippen LogP contribution in [0.5, 0.6) is 11.5 Å². The molecule has 0 unspecified atom stereocenters. The van der Waals surface area contributed by atoms with E-state index >= 15 is 0 Å². The summed E-state index contributed by atoms with van der Waals surface area (Å²) in [6.07, 6.45) is 3.96. The minimum Gasteiger partial charge on any atom is -0.453 e. The largest absolute Gasteiger partial charge is 0.453 e. The number of aromatic nitrogens is 2. The van der Waals surface area contributed by atoms with E-state index in [1.54, 1.807) is 0 Å². The average Bonchev–Trinajstić information content (AvgIpc) is 3.52. The fraction of sp³-hybridized carbons (Fsp3) is 0.0667. The molecule has 4 nitrogen and oxygen atoms in total. The molecule has 0 saturated heterocycles. The summed E-state index contributed by atoms with van der Waals surface area (Å²) < 4.78 is 6.36. The third kappa shape index (κ3) is 2.78. The fourth-order valence-electron chi connectivity index (χ4n) is 5.15. The summed E-state index contributed by atoms with van der Waals surface area (Å²) in [7, 11) is 0. The molecular weight excluding hydrogens is 418 g/mol. The van der Waals surface area contributed by atoms with Crippen molar-refractivity contribution in [3.05, 3.63) is 96.3 Å². The van der Waals surface area contributed by atoms with Crippen molar-refractivity contribution in [2.45, 2.75) is 13.8 Å². The second kappa shape index (κ2) is 7.03. The third-order valence-electron chi connectivity index (χ3n) is 7.06. The van der Waals surface area contributed by atoms with Crippen LogP contribution in [-0.4, -0.2) is 9.97 Å². The molecule has 4 aromatic carbocycles. The Kier molecular flexibility index (Phi) is 3.94. The van der Waals surface area contributed by atoms with Crippen molar-refractivity contribution in [3.63, 3.8) is 0 Å². The molecule has 1 aliphatic rings. The third-order valence-corrected chi connectivity index (χ3v) is 7.06. The highest BCUT2D eigenvalue weighted by atomic mass is 16.5. The molecule has 0 amide bonds. The first-order valence-electron chi connectivity index (χ1n) is 11.5. The maximum absolute atomic E-state index is 6.36. The number of H-pyrrole nitrogens is 2. The summed E-state index contributed by atoms with van der Waals surface area (Å²) in [5.41, 5.74) is 11.4. The van der Waals surface area contributed by atoms with Gasteiger partial charge in [-0.1, -0.05) is 36.4 Å². The lowest BCUT2D eigenvalue weighted by molar-refractivity contribution is 0.480. The summed E-state index contributed by atoms with van der Waals surface area (Å²) >= 11 is 0. The van der Waals surface area contributed by atoms with Crippen LogP contribution < -0.4 is 10.1 Å². The highest BCUT2D eigenvalue weighted by Crippen LogP contribution is 2.49. The van der Waals surface area contributed by atoms with E-state index in [1.165, 1.54) is 44.2 Å². The molecule has 0 bridgehead atoms. The van der Waals surface area contributed by atoms with Crippen molar-refractivity contribution in [1.29, 1.82) is 0 Å². The Balaban J connectivity index is 1.32. The molecule has 0 fully saturated rings. The van der Waals surface area contributed by atoms with Crippen LogP contribution in [0.1, 0.15) is 11.1 Å². The number of hydrogen-bond acceptors (Lipinski definition) is 2. The van der Waals surface area contributed by atoms with Gasteiger partial charge in [0.1, 0.15) is 0 Å². The number of ether oxygens (including phenoxy) is 1. The van der Waals surface area contributed by atoms with Gasteiger partial charge in [0.2, 0.25) is 0 Å². The molecule has 0 spiro atoms. The number of aromatic amines is 2. The minimum absolute atomic E-state index is 0.856. The molecule has 7 rings (SSSR count). The van der Waals surface area contributed by atoms with E-state index in [0.29, 0.717) is 0 Å². The first-order chi connectivity index (χ1) is 16.7. The van der Waals surface area contributed by atoms with E-state index in [2.05, 4.69) is 102 Å². The number of fused-ring (bicyclic) bond motifs is 4. The van der Waals surface area contributed by atoms with Crippen LogP contribution in [0.15, 0.2) is 85.2 Å². The Labute approximate surface area is 197 Å². The molecule has 0 radical (unpaired) electrons. The Hall–Kier alpha value is -4.44. The monoisotopic (exact) mass is 441 g/mol. The second-order valence-electron chi connectivity index (χ2n) is 9.01. The highest BCUT2D eigenvalue weighted by Gasteiger charge is 2.23. The van der Waals surface area contributed by atoms with Gasteiger partial charge in [0.25, 0.3) is 0 Å². The molecule has 1 aliphatic heterocycles. The van der Waals surface area contributed by atoms with Gasteiger partial charge in [-0.15, -0.1) is 0 Å². The maximum atomic E-state index is 6.36. The zero-order chi connectivity index (χ0) is 22.8. The number of benzene rings is 4. The normalized spacial score (nSPS) is 12.3.